The molecule has 1 aromatic rings. The van der Waals surface area contributed by atoms with Gasteiger partial charge in [-0.15, -0.1) is 0 Å². The van der Waals surface area contributed by atoms with E-state index in [0.29, 0.717) is 18.4 Å². The highest BCUT2D eigenvalue weighted by Gasteiger charge is 2.32. The van der Waals surface area contributed by atoms with Crippen molar-refractivity contribution in [1.29, 1.82) is 0 Å². The minimum absolute atomic E-state index is 0.296. The van der Waals surface area contributed by atoms with Crippen LogP contribution in [0.5, 0.6) is 0 Å². The standard InChI is InChI=1S/C13H18N2O/c1-3-15(13(16)11-7-8-11)9-12-6-4-5-10(2)14-12/h4-6,11H,3,7-9H2,1-2H3. The van der Waals surface area contributed by atoms with Crippen LogP contribution in [0.4, 0.5) is 0 Å². The third-order valence-electron chi connectivity index (χ3n) is 2.92. The Labute approximate surface area is 96.5 Å². The molecule has 86 valence electrons. The van der Waals surface area contributed by atoms with E-state index in [1.807, 2.05) is 36.9 Å². The Kier molecular flexibility index (Phi) is 3.22. The number of hydrogen-bond donors (Lipinski definition) is 0. The van der Waals surface area contributed by atoms with Gasteiger partial charge in [-0.25, -0.2) is 0 Å². The summed E-state index contributed by atoms with van der Waals surface area (Å²) >= 11 is 0. The van der Waals surface area contributed by atoms with Crippen LogP contribution in [0, 0.1) is 12.8 Å². The smallest absolute Gasteiger partial charge is 0.226 e. The van der Waals surface area contributed by atoms with E-state index in [1.165, 1.54) is 0 Å². The van der Waals surface area contributed by atoms with Crippen LogP contribution in [0.2, 0.25) is 0 Å². The first kappa shape index (κ1) is 11.1. The minimum atomic E-state index is 0.296. The molecule has 0 spiro atoms. The number of aromatic nitrogens is 1. The second-order valence-corrected chi connectivity index (χ2v) is 4.40. The fourth-order valence-electron chi connectivity index (χ4n) is 1.82. The van der Waals surface area contributed by atoms with Crippen LogP contribution in [0.15, 0.2) is 18.2 Å². The van der Waals surface area contributed by atoms with E-state index < -0.39 is 0 Å². The van der Waals surface area contributed by atoms with E-state index in [1.54, 1.807) is 0 Å². The Balaban J connectivity index is 2.03. The lowest BCUT2D eigenvalue weighted by Crippen LogP contribution is -2.31. The molecule has 1 saturated carbocycles. The molecule has 1 aromatic heterocycles. The molecule has 3 heteroatoms. The first-order chi connectivity index (χ1) is 7.70. The maximum absolute atomic E-state index is 11.9. The zero-order valence-electron chi connectivity index (χ0n) is 9.94. The molecule has 0 atom stereocenters. The van der Waals surface area contributed by atoms with E-state index in [-0.39, 0.29) is 0 Å². The molecule has 1 heterocycles. The first-order valence-electron chi connectivity index (χ1n) is 5.92. The van der Waals surface area contributed by atoms with Gasteiger partial charge in [0.1, 0.15) is 0 Å². The van der Waals surface area contributed by atoms with Gasteiger partial charge in [0.25, 0.3) is 0 Å². The van der Waals surface area contributed by atoms with Gasteiger partial charge in [0, 0.05) is 18.2 Å². The number of carbonyl (C=O) groups is 1. The van der Waals surface area contributed by atoms with Gasteiger partial charge in [0.05, 0.1) is 12.2 Å². The fraction of sp³-hybridized carbons (Fsp3) is 0.538. The third-order valence-corrected chi connectivity index (χ3v) is 2.92. The summed E-state index contributed by atoms with van der Waals surface area (Å²) in [6, 6.07) is 5.95. The highest BCUT2D eigenvalue weighted by molar-refractivity contribution is 5.80. The van der Waals surface area contributed by atoms with Crippen LogP contribution in [0.3, 0.4) is 0 Å². The van der Waals surface area contributed by atoms with Gasteiger partial charge >= 0.3 is 0 Å². The van der Waals surface area contributed by atoms with Gasteiger partial charge in [0.2, 0.25) is 5.91 Å². The normalized spacial score (nSPS) is 14.9. The molecular formula is C13H18N2O. The van der Waals surface area contributed by atoms with Crippen LogP contribution in [-0.4, -0.2) is 22.3 Å². The molecule has 0 bridgehead atoms. The summed E-state index contributed by atoms with van der Waals surface area (Å²) in [4.78, 5) is 18.3. The van der Waals surface area contributed by atoms with E-state index in [9.17, 15) is 4.79 Å². The summed E-state index contributed by atoms with van der Waals surface area (Å²) in [7, 11) is 0. The molecule has 1 aliphatic rings. The topological polar surface area (TPSA) is 33.2 Å². The Morgan fingerprint density at radius 3 is 2.81 bits per heavy atom. The molecule has 1 aliphatic carbocycles. The van der Waals surface area contributed by atoms with Crippen molar-refractivity contribution in [2.75, 3.05) is 6.54 Å². The zero-order valence-corrected chi connectivity index (χ0v) is 9.94. The molecule has 1 amide bonds. The van der Waals surface area contributed by atoms with Gasteiger partial charge in [-0.05, 0) is 38.8 Å². The van der Waals surface area contributed by atoms with Crippen molar-refractivity contribution in [2.24, 2.45) is 5.92 Å². The molecule has 16 heavy (non-hydrogen) atoms. The lowest BCUT2D eigenvalue weighted by molar-refractivity contribution is -0.133. The summed E-state index contributed by atoms with van der Waals surface area (Å²) in [6.07, 6.45) is 2.13. The highest BCUT2D eigenvalue weighted by Crippen LogP contribution is 2.31. The summed E-state index contributed by atoms with van der Waals surface area (Å²) in [5, 5.41) is 0. The quantitative estimate of drug-likeness (QED) is 0.775. The number of aryl methyl sites for hydroxylation is 1. The van der Waals surface area contributed by atoms with Crippen LogP contribution in [0.1, 0.15) is 31.2 Å². The largest absolute Gasteiger partial charge is 0.337 e. The fourth-order valence-corrected chi connectivity index (χ4v) is 1.82. The minimum Gasteiger partial charge on any atom is -0.337 e. The molecule has 0 saturated heterocycles. The average molecular weight is 218 g/mol. The predicted octanol–water partition coefficient (Wildman–Crippen LogP) is 2.15. The average Bonchev–Trinajstić information content (AvgIpc) is 3.09. The van der Waals surface area contributed by atoms with E-state index in [0.717, 1.165) is 30.8 Å². The summed E-state index contributed by atoms with van der Waals surface area (Å²) in [5.74, 6) is 0.593. The van der Waals surface area contributed by atoms with Crippen molar-refractivity contribution in [2.45, 2.75) is 33.2 Å². The Hall–Kier alpha value is -1.38. The maximum atomic E-state index is 11.9. The molecule has 0 unspecified atom stereocenters. The number of amides is 1. The SMILES string of the molecule is CCN(Cc1cccc(C)n1)C(=O)C1CC1. The summed E-state index contributed by atoms with van der Waals surface area (Å²) in [5.41, 5.74) is 1.99. The van der Waals surface area contributed by atoms with Gasteiger partial charge < -0.3 is 4.90 Å². The lowest BCUT2D eigenvalue weighted by Gasteiger charge is -2.20. The first-order valence-corrected chi connectivity index (χ1v) is 5.92. The van der Waals surface area contributed by atoms with Crippen molar-refractivity contribution < 1.29 is 4.79 Å². The van der Waals surface area contributed by atoms with Gasteiger partial charge in [-0.3, -0.25) is 9.78 Å². The van der Waals surface area contributed by atoms with Crippen molar-refractivity contribution in [3.05, 3.63) is 29.6 Å². The number of rotatable bonds is 4. The number of nitrogens with zero attached hydrogens (tertiary/aromatic N) is 2. The highest BCUT2D eigenvalue weighted by atomic mass is 16.2. The second-order valence-electron chi connectivity index (χ2n) is 4.40. The van der Waals surface area contributed by atoms with E-state index in [2.05, 4.69) is 4.98 Å². The van der Waals surface area contributed by atoms with Crippen LogP contribution < -0.4 is 0 Å². The Morgan fingerprint density at radius 2 is 2.25 bits per heavy atom. The van der Waals surface area contributed by atoms with Gasteiger partial charge in [-0.1, -0.05) is 6.07 Å². The van der Waals surface area contributed by atoms with E-state index in [4.69, 9.17) is 0 Å². The summed E-state index contributed by atoms with van der Waals surface area (Å²) in [6.45, 7) is 5.41. The molecule has 0 aromatic carbocycles. The zero-order chi connectivity index (χ0) is 11.5. The number of carbonyl (C=O) groups excluding carboxylic acids is 1. The third kappa shape index (κ3) is 2.60. The molecule has 0 radical (unpaired) electrons. The van der Waals surface area contributed by atoms with Crippen LogP contribution >= 0.6 is 0 Å². The Morgan fingerprint density at radius 1 is 1.50 bits per heavy atom. The number of pyridine rings is 1. The van der Waals surface area contributed by atoms with Gasteiger partial charge in [0.15, 0.2) is 0 Å². The molecule has 2 rings (SSSR count). The van der Waals surface area contributed by atoms with Gasteiger partial charge in [-0.2, -0.15) is 0 Å². The van der Waals surface area contributed by atoms with Crippen LogP contribution in [0.25, 0.3) is 0 Å². The predicted molar refractivity (Wildman–Crippen MR) is 62.8 cm³/mol. The van der Waals surface area contributed by atoms with E-state index >= 15 is 0 Å². The molecular weight excluding hydrogens is 200 g/mol. The van der Waals surface area contributed by atoms with Crippen molar-refractivity contribution >= 4 is 5.91 Å². The monoisotopic (exact) mass is 218 g/mol. The van der Waals surface area contributed by atoms with Crippen LogP contribution in [-0.2, 0) is 11.3 Å². The lowest BCUT2D eigenvalue weighted by atomic mass is 10.2. The molecule has 0 aliphatic heterocycles. The Bertz CT molecular complexity index is 385. The molecule has 1 fully saturated rings. The molecule has 3 nitrogen and oxygen atoms in total. The van der Waals surface area contributed by atoms with Crippen molar-refractivity contribution in [1.82, 2.24) is 9.88 Å². The maximum Gasteiger partial charge on any atom is 0.226 e. The van der Waals surface area contributed by atoms with Crippen molar-refractivity contribution in [3.63, 3.8) is 0 Å². The van der Waals surface area contributed by atoms with Crippen molar-refractivity contribution in [3.8, 4) is 0 Å². The summed E-state index contributed by atoms with van der Waals surface area (Å²) < 4.78 is 0. The molecule has 0 N–H and O–H groups in total. The second kappa shape index (κ2) is 4.64. The number of hydrogen-bond acceptors (Lipinski definition) is 2.